The van der Waals surface area contributed by atoms with Gasteiger partial charge >= 0.3 is 0 Å². The van der Waals surface area contributed by atoms with Crippen LogP contribution in [0.2, 0.25) is 0 Å². The lowest BCUT2D eigenvalue weighted by atomic mass is 10.1. The van der Waals surface area contributed by atoms with Crippen LogP contribution in [0, 0.1) is 6.92 Å². The molecule has 0 bridgehead atoms. The number of hydrogen-bond acceptors (Lipinski definition) is 3. The van der Waals surface area contributed by atoms with Crippen molar-refractivity contribution >= 4 is 5.70 Å². The zero-order valence-corrected chi connectivity index (χ0v) is 9.14. The van der Waals surface area contributed by atoms with Crippen LogP contribution in [0.1, 0.15) is 11.1 Å². The van der Waals surface area contributed by atoms with Gasteiger partial charge in [0.15, 0.2) is 5.82 Å². The fourth-order valence-electron chi connectivity index (χ4n) is 1.40. The molecule has 80 valence electrons. The lowest BCUT2D eigenvalue weighted by Crippen LogP contribution is -1.95. The molecule has 2 aromatic rings. The van der Waals surface area contributed by atoms with Crippen LogP contribution < -0.4 is 5.73 Å². The van der Waals surface area contributed by atoms with Gasteiger partial charge in [-0.3, -0.25) is 0 Å². The van der Waals surface area contributed by atoms with Crippen LogP contribution in [0.4, 0.5) is 0 Å². The number of nitrogens with two attached hydrogens (primary N) is 1. The first-order valence-electron chi connectivity index (χ1n) is 5.00. The minimum atomic E-state index is 0.550. The Morgan fingerprint density at radius 3 is 2.56 bits per heavy atom. The minimum absolute atomic E-state index is 0.550. The predicted molar refractivity (Wildman–Crippen MR) is 65.4 cm³/mol. The van der Waals surface area contributed by atoms with E-state index < -0.39 is 0 Å². The van der Waals surface area contributed by atoms with Gasteiger partial charge in [0.1, 0.15) is 0 Å². The molecule has 0 spiro atoms. The number of benzene rings is 1. The van der Waals surface area contributed by atoms with Crippen LogP contribution in [-0.2, 0) is 0 Å². The van der Waals surface area contributed by atoms with Crippen LogP contribution in [-0.4, -0.2) is 9.97 Å². The number of aryl methyl sites for hydroxylation is 1. The van der Waals surface area contributed by atoms with E-state index >= 15 is 0 Å². The molecular weight excluding hydrogens is 198 g/mol. The summed E-state index contributed by atoms with van der Waals surface area (Å²) in [7, 11) is 0. The highest BCUT2D eigenvalue weighted by molar-refractivity contribution is 5.66. The molecule has 0 fully saturated rings. The molecule has 1 heterocycles. The third-order valence-electron chi connectivity index (χ3n) is 2.27. The Morgan fingerprint density at radius 2 is 1.94 bits per heavy atom. The van der Waals surface area contributed by atoms with Gasteiger partial charge in [0.2, 0.25) is 0 Å². The first-order valence-corrected chi connectivity index (χ1v) is 5.00. The molecule has 0 saturated carbocycles. The quantitative estimate of drug-likeness (QED) is 0.829. The Bertz CT molecular complexity index is 515. The van der Waals surface area contributed by atoms with Gasteiger partial charge in [-0.2, -0.15) is 0 Å². The average Bonchev–Trinajstić information content (AvgIpc) is 2.30. The third-order valence-corrected chi connectivity index (χ3v) is 2.27. The van der Waals surface area contributed by atoms with E-state index in [0.29, 0.717) is 11.5 Å². The monoisotopic (exact) mass is 211 g/mol. The van der Waals surface area contributed by atoms with E-state index in [4.69, 9.17) is 5.73 Å². The normalized spacial score (nSPS) is 10.1. The number of aromatic nitrogens is 2. The van der Waals surface area contributed by atoms with E-state index in [-0.39, 0.29) is 0 Å². The van der Waals surface area contributed by atoms with Crippen molar-refractivity contribution < 1.29 is 0 Å². The summed E-state index contributed by atoms with van der Waals surface area (Å²) in [5.41, 5.74) is 9.10. The van der Waals surface area contributed by atoms with Crippen molar-refractivity contribution in [2.24, 2.45) is 5.73 Å². The van der Waals surface area contributed by atoms with Crippen molar-refractivity contribution in [3.05, 3.63) is 54.4 Å². The maximum Gasteiger partial charge on any atom is 0.159 e. The lowest BCUT2D eigenvalue weighted by molar-refractivity contribution is 1.14. The van der Waals surface area contributed by atoms with Gasteiger partial charge < -0.3 is 5.73 Å². The molecule has 0 saturated heterocycles. The van der Waals surface area contributed by atoms with E-state index in [0.717, 1.165) is 16.7 Å². The van der Waals surface area contributed by atoms with Gasteiger partial charge in [-0.1, -0.05) is 24.8 Å². The molecule has 1 aromatic heterocycles. The number of nitrogens with zero attached hydrogens (tertiary/aromatic N) is 2. The fourth-order valence-corrected chi connectivity index (χ4v) is 1.40. The zero-order valence-electron chi connectivity index (χ0n) is 9.14. The second-order valence-corrected chi connectivity index (χ2v) is 3.69. The summed E-state index contributed by atoms with van der Waals surface area (Å²) < 4.78 is 0. The van der Waals surface area contributed by atoms with E-state index in [1.807, 2.05) is 31.2 Å². The summed E-state index contributed by atoms with van der Waals surface area (Å²) in [5, 5.41) is 0. The van der Waals surface area contributed by atoms with Crippen molar-refractivity contribution in [2.75, 3.05) is 0 Å². The summed E-state index contributed by atoms with van der Waals surface area (Å²) in [6, 6.07) is 7.73. The molecule has 3 nitrogen and oxygen atoms in total. The highest BCUT2D eigenvalue weighted by Crippen LogP contribution is 2.18. The highest BCUT2D eigenvalue weighted by Gasteiger charge is 2.02. The number of rotatable bonds is 2. The van der Waals surface area contributed by atoms with E-state index in [9.17, 15) is 0 Å². The Morgan fingerprint density at radius 1 is 1.25 bits per heavy atom. The Labute approximate surface area is 94.7 Å². The van der Waals surface area contributed by atoms with Crippen LogP contribution >= 0.6 is 0 Å². The molecule has 0 amide bonds. The highest BCUT2D eigenvalue weighted by atomic mass is 14.9. The van der Waals surface area contributed by atoms with Crippen LogP contribution in [0.5, 0.6) is 0 Å². The molecule has 1 aromatic carbocycles. The summed E-state index contributed by atoms with van der Waals surface area (Å²) in [4.78, 5) is 8.53. The van der Waals surface area contributed by atoms with E-state index in [1.165, 1.54) is 0 Å². The fraction of sp³-hybridized carbons (Fsp3) is 0.0769. The largest absolute Gasteiger partial charge is 0.399 e. The van der Waals surface area contributed by atoms with E-state index in [2.05, 4.69) is 16.5 Å². The van der Waals surface area contributed by atoms with Crippen molar-refractivity contribution in [1.82, 2.24) is 9.97 Å². The SMILES string of the molecule is C=C(N)c1cccc(-c2ncc(C)cn2)c1. The Kier molecular flexibility index (Phi) is 2.68. The van der Waals surface area contributed by atoms with Gasteiger partial charge in [-0.05, 0) is 24.1 Å². The minimum Gasteiger partial charge on any atom is -0.399 e. The zero-order chi connectivity index (χ0) is 11.5. The average molecular weight is 211 g/mol. The molecule has 16 heavy (non-hydrogen) atoms. The standard InChI is InChI=1S/C13H13N3/c1-9-7-15-13(16-8-9)12-5-3-4-11(6-12)10(2)14/h3-8H,2,14H2,1H3. The van der Waals surface area contributed by atoms with Crippen molar-refractivity contribution in [3.63, 3.8) is 0 Å². The van der Waals surface area contributed by atoms with Crippen LogP contribution in [0.3, 0.4) is 0 Å². The lowest BCUT2D eigenvalue weighted by Gasteiger charge is -2.03. The van der Waals surface area contributed by atoms with Crippen molar-refractivity contribution in [3.8, 4) is 11.4 Å². The molecule has 3 heteroatoms. The second kappa shape index (κ2) is 4.14. The van der Waals surface area contributed by atoms with Gasteiger partial charge in [-0.15, -0.1) is 0 Å². The summed E-state index contributed by atoms with van der Waals surface area (Å²) in [6.07, 6.45) is 3.60. The molecule has 0 aliphatic carbocycles. The van der Waals surface area contributed by atoms with Gasteiger partial charge in [0.05, 0.1) is 0 Å². The van der Waals surface area contributed by atoms with Gasteiger partial charge in [-0.25, -0.2) is 9.97 Å². The maximum atomic E-state index is 5.65. The maximum absolute atomic E-state index is 5.65. The summed E-state index contributed by atoms with van der Waals surface area (Å²) in [6.45, 7) is 5.67. The summed E-state index contributed by atoms with van der Waals surface area (Å²) in [5.74, 6) is 0.703. The first kappa shape index (κ1) is 10.4. The van der Waals surface area contributed by atoms with E-state index in [1.54, 1.807) is 12.4 Å². The second-order valence-electron chi connectivity index (χ2n) is 3.69. The Balaban J connectivity index is 2.44. The Hall–Kier alpha value is -2.16. The molecule has 0 aliphatic heterocycles. The predicted octanol–water partition coefficient (Wildman–Crippen LogP) is 2.38. The molecule has 0 aliphatic rings. The van der Waals surface area contributed by atoms with Crippen LogP contribution in [0.15, 0.2) is 43.2 Å². The molecule has 0 atom stereocenters. The molecule has 2 N–H and O–H groups in total. The first-order chi connectivity index (χ1) is 7.66. The molecular formula is C13H13N3. The molecule has 2 rings (SSSR count). The number of hydrogen-bond donors (Lipinski definition) is 1. The van der Waals surface area contributed by atoms with Gasteiger partial charge in [0.25, 0.3) is 0 Å². The van der Waals surface area contributed by atoms with Crippen molar-refractivity contribution in [1.29, 1.82) is 0 Å². The molecule has 0 radical (unpaired) electrons. The van der Waals surface area contributed by atoms with Gasteiger partial charge in [0, 0.05) is 23.7 Å². The summed E-state index contributed by atoms with van der Waals surface area (Å²) >= 11 is 0. The molecule has 0 unspecified atom stereocenters. The van der Waals surface area contributed by atoms with Crippen LogP contribution in [0.25, 0.3) is 17.1 Å². The van der Waals surface area contributed by atoms with Crippen molar-refractivity contribution in [2.45, 2.75) is 6.92 Å². The third kappa shape index (κ3) is 2.08. The topological polar surface area (TPSA) is 51.8 Å². The smallest absolute Gasteiger partial charge is 0.159 e.